The van der Waals surface area contributed by atoms with Crippen LogP contribution in [0.1, 0.15) is 75.5 Å². The molecule has 0 fully saturated rings. The summed E-state index contributed by atoms with van der Waals surface area (Å²) in [6.45, 7) is 10.5. The van der Waals surface area contributed by atoms with Crippen LogP contribution >= 0.6 is 0 Å². The Labute approximate surface area is 239 Å². The molecule has 3 amide bonds. The normalized spacial score (nSPS) is 10.9. The standard InChI is InChI=1S/C32H34N2O7/c1-8-22-13-15-23(16-14-22)27(35)33(29(37)31(39)41-26-12-10-9-11-25(26)30(38)40-7)34(32(4,5)6)28(36)24-18-20(2)17-21(3)19-24/h9-19H,8H2,1-7H3. The SMILES string of the molecule is CCc1ccc(C(=O)N(C(=O)C(=O)Oc2ccccc2C(=O)OC)N(C(=O)c2cc(C)cc(C)c2)C(C)(C)C)cc1. The van der Waals surface area contributed by atoms with Crippen molar-refractivity contribution in [2.24, 2.45) is 0 Å². The van der Waals surface area contributed by atoms with Crippen molar-refractivity contribution in [2.45, 2.75) is 53.5 Å². The van der Waals surface area contributed by atoms with Gasteiger partial charge in [-0.2, -0.15) is 5.01 Å². The van der Waals surface area contributed by atoms with Crippen molar-refractivity contribution in [2.75, 3.05) is 7.11 Å². The molecule has 0 unspecified atom stereocenters. The van der Waals surface area contributed by atoms with Crippen molar-refractivity contribution in [3.05, 3.63) is 100 Å². The van der Waals surface area contributed by atoms with Crippen LogP contribution in [-0.2, 0) is 20.7 Å². The minimum atomic E-state index is -1.47. The third kappa shape index (κ3) is 7.05. The van der Waals surface area contributed by atoms with Crippen molar-refractivity contribution in [3.63, 3.8) is 0 Å². The molecule has 3 rings (SSSR count). The molecule has 3 aromatic rings. The fourth-order valence-electron chi connectivity index (χ4n) is 4.26. The van der Waals surface area contributed by atoms with Crippen LogP contribution in [-0.4, -0.2) is 52.3 Å². The van der Waals surface area contributed by atoms with Crippen LogP contribution < -0.4 is 4.74 Å². The Kier molecular flexibility index (Phi) is 9.44. The highest BCUT2D eigenvalue weighted by Crippen LogP contribution is 2.25. The van der Waals surface area contributed by atoms with Gasteiger partial charge < -0.3 is 9.47 Å². The second-order valence-corrected chi connectivity index (χ2v) is 10.5. The van der Waals surface area contributed by atoms with E-state index in [1.807, 2.05) is 26.8 Å². The lowest BCUT2D eigenvalue weighted by Crippen LogP contribution is -2.62. The fourth-order valence-corrected chi connectivity index (χ4v) is 4.26. The predicted octanol–water partition coefficient (Wildman–Crippen LogP) is 5.08. The highest BCUT2D eigenvalue weighted by atomic mass is 16.6. The number of amides is 3. The maximum absolute atomic E-state index is 14.0. The van der Waals surface area contributed by atoms with Gasteiger partial charge in [0.1, 0.15) is 11.3 Å². The van der Waals surface area contributed by atoms with Gasteiger partial charge in [-0.15, -0.1) is 0 Å². The summed E-state index contributed by atoms with van der Waals surface area (Å²) in [7, 11) is 1.16. The predicted molar refractivity (Wildman–Crippen MR) is 152 cm³/mol. The Morgan fingerprint density at radius 1 is 0.780 bits per heavy atom. The van der Waals surface area contributed by atoms with E-state index in [4.69, 9.17) is 9.47 Å². The number of hydrazine groups is 1. The van der Waals surface area contributed by atoms with Gasteiger partial charge in [0.25, 0.3) is 11.8 Å². The smallest absolute Gasteiger partial charge is 0.404 e. The van der Waals surface area contributed by atoms with Crippen LogP contribution in [0.4, 0.5) is 0 Å². The minimum Gasteiger partial charge on any atom is -0.465 e. The van der Waals surface area contributed by atoms with Gasteiger partial charge in [-0.1, -0.05) is 48.4 Å². The van der Waals surface area contributed by atoms with E-state index in [1.54, 1.807) is 45.0 Å². The molecule has 0 N–H and O–H groups in total. The Bertz CT molecular complexity index is 1470. The summed E-state index contributed by atoms with van der Waals surface area (Å²) < 4.78 is 10.0. The Hall–Kier alpha value is -4.79. The molecule has 0 aliphatic heterocycles. The second kappa shape index (κ2) is 12.6. The molecule has 0 aromatic heterocycles. The first-order valence-electron chi connectivity index (χ1n) is 13.1. The number of benzene rings is 3. The molecule has 9 nitrogen and oxygen atoms in total. The summed E-state index contributed by atoms with van der Waals surface area (Å²) in [6.07, 6.45) is 0.725. The molecule has 0 aliphatic rings. The maximum atomic E-state index is 14.0. The van der Waals surface area contributed by atoms with Crippen molar-refractivity contribution < 1.29 is 33.4 Å². The number of rotatable bonds is 5. The van der Waals surface area contributed by atoms with Crippen LogP contribution in [0, 0.1) is 13.8 Å². The molecule has 0 saturated heterocycles. The number of aryl methyl sites for hydroxylation is 3. The molecule has 0 atom stereocenters. The van der Waals surface area contributed by atoms with Gasteiger partial charge in [0.05, 0.1) is 12.6 Å². The first kappa shape index (κ1) is 30.7. The van der Waals surface area contributed by atoms with E-state index in [0.29, 0.717) is 5.01 Å². The van der Waals surface area contributed by atoms with E-state index >= 15 is 0 Å². The average Bonchev–Trinajstić information content (AvgIpc) is 2.93. The molecule has 9 heteroatoms. The number of hydrogen-bond donors (Lipinski definition) is 0. The van der Waals surface area contributed by atoms with Gasteiger partial charge in [-0.05, 0) is 83.0 Å². The molecule has 0 heterocycles. The van der Waals surface area contributed by atoms with E-state index in [0.717, 1.165) is 35.2 Å². The first-order chi connectivity index (χ1) is 19.3. The van der Waals surface area contributed by atoms with Crippen LogP contribution in [0.5, 0.6) is 5.75 Å². The lowest BCUT2D eigenvalue weighted by molar-refractivity contribution is -0.161. The van der Waals surface area contributed by atoms with E-state index in [1.165, 1.54) is 36.4 Å². The molecular weight excluding hydrogens is 524 g/mol. The third-order valence-electron chi connectivity index (χ3n) is 6.16. The van der Waals surface area contributed by atoms with Crippen LogP contribution in [0.3, 0.4) is 0 Å². The molecular formula is C32H34N2O7. The van der Waals surface area contributed by atoms with Gasteiger partial charge in [-0.3, -0.25) is 14.4 Å². The summed E-state index contributed by atoms with van der Waals surface area (Å²) in [5.74, 6) is -5.47. The summed E-state index contributed by atoms with van der Waals surface area (Å²) in [6, 6.07) is 17.4. The number of para-hydroxylation sites is 1. The van der Waals surface area contributed by atoms with E-state index in [-0.39, 0.29) is 22.4 Å². The Balaban J connectivity index is 2.14. The van der Waals surface area contributed by atoms with E-state index in [2.05, 4.69) is 0 Å². The lowest BCUT2D eigenvalue weighted by Gasteiger charge is -2.41. The molecule has 0 saturated carbocycles. The zero-order chi connectivity index (χ0) is 30.5. The van der Waals surface area contributed by atoms with Gasteiger partial charge in [-0.25, -0.2) is 14.6 Å². The van der Waals surface area contributed by atoms with Crippen LogP contribution in [0.15, 0.2) is 66.7 Å². The number of hydrogen-bond acceptors (Lipinski definition) is 7. The molecule has 0 bridgehead atoms. The second-order valence-electron chi connectivity index (χ2n) is 10.5. The summed E-state index contributed by atoms with van der Waals surface area (Å²) >= 11 is 0. The van der Waals surface area contributed by atoms with Crippen molar-refractivity contribution in [1.82, 2.24) is 10.0 Å². The van der Waals surface area contributed by atoms with Crippen molar-refractivity contribution in [3.8, 4) is 5.75 Å². The molecule has 214 valence electrons. The largest absolute Gasteiger partial charge is 0.465 e. The number of nitrogens with zero attached hydrogens (tertiary/aromatic N) is 2. The summed E-state index contributed by atoms with van der Waals surface area (Å²) in [5, 5.41) is 1.48. The minimum absolute atomic E-state index is 0.0841. The monoisotopic (exact) mass is 558 g/mol. The Morgan fingerprint density at radius 2 is 1.37 bits per heavy atom. The van der Waals surface area contributed by atoms with Gasteiger partial charge >= 0.3 is 17.8 Å². The molecule has 0 radical (unpaired) electrons. The molecule has 41 heavy (non-hydrogen) atoms. The van der Waals surface area contributed by atoms with Gasteiger partial charge in [0.2, 0.25) is 0 Å². The number of carbonyl (C=O) groups excluding carboxylic acids is 5. The van der Waals surface area contributed by atoms with Gasteiger partial charge in [0, 0.05) is 11.1 Å². The molecule has 0 aliphatic carbocycles. The average molecular weight is 559 g/mol. The fraction of sp³-hybridized carbons (Fsp3) is 0.281. The highest BCUT2D eigenvalue weighted by molar-refractivity contribution is 6.37. The number of imide groups is 1. The first-order valence-corrected chi connectivity index (χ1v) is 13.1. The van der Waals surface area contributed by atoms with Crippen molar-refractivity contribution in [1.29, 1.82) is 0 Å². The summed E-state index contributed by atoms with van der Waals surface area (Å²) in [4.78, 5) is 67.3. The van der Waals surface area contributed by atoms with Crippen LogP contribution in [0.25, 0.3) is 0 Å². The number of ether oxygens (including phenoxy) is 2. The van der Waals surface area contributed by atoms with Gasteiger partial charge in [0.15, 0.2) is 0 Å². The zero-order valence-electron chi connectivity index (χ0n) is 24.3. The number of methoxy groups -OCH3 is 1. The number of esters is 2. The highest BCUT2D eigenvalue weighted by Gasteiger charge is 2.43. The number of carbonyl (C=O) groups is 5. The van der Waals surface area contributed by atoms with Crippen molar-refractivity contribution >= 4 is 29.7 Å². The Morgan fingerprint density at radius 3 is 1.90 bits per heavy atom. The zero-order valence-corrected chi connectivity index (χ0v) is 24.3. The third-order valence-corrected chi connectivity index (χ3v) is 6.16. The van der Waals surface area contributed by atoms with E-state index < -0.39 is 35.2 Å². The van der Waals surface area contributed by atoms with Crippen LogP contribution in [0.2, 0.25) is 0 Å². The maximum Gasteiger partial charge on any atom is 0.404 e. The lowest BCUT2D eigenvalue weighted by atomic mass is 10.0. The molecule has 3 aromatic carbocycles. The van der Waals surface area contributed by atoms with E-state index in [9.17, 15) is 24.0 Å². The molecule has 0 spiro atoms. The topological polar surface area (TPSA) is 110 Å². The quantitative estimate of drug-likeness (QED) is 0.186. The summed E-state index contributed by atoms with van der Waals surface area (Å²) in [5.41, 5.74) is 1.64.